The second-order valence-electron chi connectivity index (χ2n) is 4.04. The molecule has 0 aromatic carbocycles. The maximum Gasteiger partial charge on any atom is 0.321 e. The number of hydrogen-bond donors (Lipinski definition) is 3. The van der Waals surface area contributed by atoms with Crippen LogP contribution < -0.4 is 10.5 Å². The maximum atomic E-state index is 12.1. The molecule has 1 aromatic heterocycles. The highest BCUT2D eigenvalue weighted by molar-refractivity contribution is 9.11. The Morgan fingerprint density at radius 2 is 2.15 bits per heavy atom. The topological polar surface area (TPSA) is 127 Å². The average molecular weight is 385 g/mol. The molecule has 1 unspecified atom stereocenters. The van der Waals surface area contributed by atoms with Gasteiger partial charge in [0.1, 0.15) is 10.3 Å². The highest BCUT2D eigenvalue weighted by Crippen LogP contribution is 2.30. The molecule has 0 fully saturated rings. The van der Waals surface area contributed by atoms with E-state index in [-0.39, 0.29) is 17.1 Å². The van der Waals surface area contributed by atoms with Gasteiger partial charge in [0.25, 0.3) is 10.0 Å². The molecule has 0 aliphatic carbocycles. The van der Waals surface area contributed by atoms with Crippen molar-refractivity contribution in [3.05, 3.63) is 15.4 Å². The standard InChI is InChI=1S/C10H13BrN2O5S2/c1-5-4-8(19-9(5)11)20(17,18)13-6(10(15)16)2-3-7(12)14/h4,6,13H,2-3H2,1H3,(H2,12,14)(H,15,16). The Morgan fingerprint density at radius 3 is 2.55 bits per heavy atom. The van der Waals surface area contributed by atoms with E-state index in [4.69, 9.17) is 10.8 Å². The first-order valence-electron chi connectivity index (χ1n) is 5.43. The van der Waals surface area contributed by atoms with Gasteiger partial charge in [0.15, 0.2) is 0 Å². The Balaban J connectivity index is 2.91. The molecule has 20 heavy (non-hydrogen) atoms. The third-order valence-electron chi connectivity index (χ3n) is 2.37. The minimum atomic E-state index is -3.95. The smallest absolute Gasteiger partial charge is 0.321 e. The van der Waals surface area contributed by atoms with Crippen LogP contribution in [0.25, 0.3) is 0 Å². The lowest BCUT2D eigenvalue weighted by molar-refractivity contribution is -0.139. The van der Waals surface area contributed by atoms with Crippen LogP contribution in [0.3, 0.4) is 0 Å². The fourth-order valence-corrected chi connectivity index (χ4v) is 4.79. The van der Waals surface area contributed by atoms with Crippen LogP contribution in [0.2, 0.25) is 0 Å². The van der Waals surface area contributed by atoms with Crippen LogP contribution in [0.5, 0.6) is 0 Å². The average Bonchev–Trinajstić information content (AvgIpc) is 2.65. The highest BCUT2D eigenvalue weighted by Gasteiger charge is 2.27. The van der Waals surface area contributed by atoms with E-state index in [1.54, 1.807) is 6.92 Å². The predicted octanol–water partition coefficient (Wildman–Crippen LogP) is 0.816. The fourth-order valence-electron chi connectivity index (χ4n) is 1.33. The molecule has 1 atom stereocenters. The molecule has 0 aliphatic heterocycles. The zero-order valence-corrected chi connectivity index (χ0v) is 13.6. The third-order valence-corrected chi connectivity index (χ3v) is 6.46. The Bertz CT molecular complexity index is 606. The number of nitrogens with one attached hydrogen (secondary N) is 1. The SMILES string of the molecule is Cc1cc(S(=O)(=O)NC(CCC(N)=O)C(=O)O)sc1Br. The quantitative estimate of drug-likeness (QED) is 0.640. The number of primary amides is 1. The minimum absolute atomic E-state index is 0.00667. The second-order valence-corrected chi connectivity index (χ2v) is 8.35. The van der Waals surface area contributed by atoms with Crippen molar-refractivity contribution in [2.75, 3.05) is 0 Å². The van der Waals surface area contributed by atoms with Crippen LogP contribution >= 0.6 is 27.3 Å². The van der Waals surface area contributed by atoms with Crippen molar-refractivity contribution in [3.8, 4) is 0 Å². The summed E-state index contributed by atoms with van der Waals surface area (Å²) in [6.07, 6.45) is -0.415. The van der Waals surface area contributed by atoms with E-state index >= 15 is 0 Å². The van der Waals surface area contributed by atoms with Gasteiger partial charge in [-0.3, -0.25) is 9.59 Å². The van der Waals surface area contributed by atoms with Crippen LogP contribution in [0.15, 0.2) is 14.1 Å². The molecule has 0 saturated heterocycles. The van der Waals surface area contributed by atoms with Gasteiger partial charge in [-0.1, -0.05) is 0 Å². The number of thiophene rings is 1. The van der Waals surface area contributed by atoms with Crippen molar-refractivity contribution in [2.24, 2.45) is 5.73 Å². The van der Waals surface area contributed by atoms with Gasteiger partial charge < -0.3 is 10.8 Å². The summed E-state index contributed by atoms with van der Waals surface area (Å²) in [6, 6.07) is 0.0399. The van der Waals surface area contributed by atoms with Gasteiger partial charge in [-0.2, -0.15) is 4.72 Å². The minimum Gasteiger partial charge on any atom is -0.480 e. The van der Waals surface area contributed by atoms with Crippen molar-refractivity contribution < 1.29 is 23.1 Å². The van der Waals surface area contributed by atoms with Crippen LogP contribution in [0.1, 0.15) is 18.4 Å². The predicted molar refractivity (Wildman–Crippen MR) is 76.9 cm³/mol. The molecule has 10 heteroatoms. The number of aliphatic carboxylic acids is 1. The Kier molecular flexibility index (Phi) is 5.68. The molecule has 112 valence electrons. The third kappa shape index (κ3) is 4.54. The Labute approximate surface area is 128 Å². The van der Waals surface area contributed by atoms with Gasteiger partial charge >= 0.3 is 5.97 Å². The summed E-state index contributed by atoms with van der Waals surface area (Å²) in [6.45, 7) is 1.72. The second kappa shape index (κ2) is 6.66. The molecule has 7 nitrogen and oxygen atoms in total. The van der Waals surface area contributed by atoms with E-state index in [1.807, 2.05) is 0 Å². The Hall–Kier alpha value is -0.970. The largest absolute Gasteiger partial charge is 0.480 e. The van der Waals surface area contributed by atoms with Gasteiger partial charge in [-0.05, 0) is 40.9 Å². The van der Waals surface area contributed by atoms with Gasteiger partial charge in [-0.25, -0.2) is 8.42 Å². The first-order valence-corrected chi connectivity index (χ1v) is 8.52. The van der Waals surface area contributed by atoms with Crippen molar-refractivity contribution in [3.63, 3.8) is 0 Å². The molecular formula is C10H13BrN2O5S2. The maximum absolute atomic E-state index is 12.1. The van der Waals surface area contributed by atoms with Crippen LogP contribution in [-0.2, 0) is 19.6 Å². The lowest BCUT2D eigenvalue weighted by Gasteiger charge is -2.12. The molecule has 1 aromatic rings. The molecule has 1 rings (SSSR count). The number of carboxylic acid groups (broad SMARTS) is 1. The molecular weight excluding hydrogens is 372 g/mol. The number of hydrogen-bond acceptors (Lipinski definition) is 5. The molecule has 0 bridgehead atoms. The number of rotatable bonds is 7. The molecule has 0 aliphatic rings. The molecule has 1 amide bonds. The zero-order valence-electron chi connectivity index (χ0n) is 10.4. The Morgan fingerprint density at radius 1 is 1.55 bits per heavy atom. The number of nitrogens with two attached hydrogens (primary N) is 1. The molecule has 4 N–H and O–H groups in total. The summed E-state index contributed by atoms with van der Waals surface area (Å²) in [4.78, 5) is 21.7. The van der Waals surface area contributed by atoms with E-state index < -0.39 is 27.9 Å². The lowest BCUT2D eigenvalue weighted by atomic mass is 10.2. The van der Waals surface area contributed by atoms with Crippen LogP contribution in [-0.4, -0.2) is 31.4 Å². The summed E-state index contributed by atoms with van der Waals surface area (Å²) < 4.78 is 26.8. The summed E-state index contributed by atoms with van der Waals surface area (Å²) >= 11 is 4.18. The number of sulfonamides is 1. The van der Waals surface area contributed by atoms with E-state index in [0.717, 1.165) is 16.9 Å². The number of carbonyl (C=O) groups is 2. The summed E-state index contributed by atoms with van der Waals surface area (Å²) in [5.41, 5.74) is 5.66. The summed E-state index contributed by atoms with van der Waals surface area (Å²) in [5.74, 6) is -2.05. The molecule has 0 saturated carbocycles. The van der Waals surface area contributed by atoms with E-state index in [0.29, 0.717) is 3.79 Å². The van der Waals surface area contributed by atoms with E-state index in [9.17, 15) is 18.0 Å². The highest BCUT2D eigenvalue weighted by atomic mass is 79.9. The number of carbonyl (C=O) groups excluding carboxylic acids is 1. The first-order chi connectivity index (χ1) is 9.13. The van der Waals surface area contributed by atoms with E-state index in [1.165, 1.54) is 6.07 Å². The number of carboxylic acids is 1. The monoisotopic (exact) mass is 384 g/mol. The van der Waals surface area contributed by atoms with Crippen molar-refractivity contribution in [1.29, 1.82) is 0 Å². The van der Waals surface area contributed by atoms with Crippen molar-refractivity contribution in [1.82, 2.24) is 4.72 Å². The number of halogens is 1. The lowest BCUT2D eigenvalue weighted by Crippen LogP contribution is -2.41. The molecule has 0 spiro atoms. The van der Waals surface area contributed by atoms with Crippen molar-refractivity contribution in [2.45, 2.75) is 30.0 Å². The zero-order chi connectivity index (χ0) is 15.5. The van der Waals surface area contributed by atoms with Crippen LogP contribution in [0, 0.1) is 6.92 Å². The molecule has 1 heterocycles. The molecule has 0 radical (unpaired) electrons. The first kappa shape index (κ1) is 17.1. The van der Waals surface area contributed by atoms with Gasteiger partial charge in [0.05, 0.1) is 3.79 Å². The van der Waals surface area contributed by atoms with Gasteiger partial charge in [0, 0.05) is 6.42 Å². The summed E-state index contributed by atoms with van der Waals surface area (Å²) in [5, 5.41) is 8.97. The van der Waals surface area contributed by atoms with Gasteiger partial charge in [-0.15, -0.1) is 11.3 Å². The normalized spacial score (nSPS) is 13.1. The summed E-state index contributed by atoms with van der Waals surface area (Å²) in [7, 11) is -3.95. The van der Waals surface area contributed by atoms with Gasteiger partial charge in [0.2, 0.25) is 5.91 Å². The number of amides is 1. The van der Waals surface area contributed by atoms with Crippen LogP contribution in [0.4, 0.5) is 0 Å². The van der Waals surface area contributed by atoms with E-state index in [2.05, 4.69) is 20.7 Å². The fraction of sp³-hybridized carbons (Fsp3) is 0.400. The number of aryl methyl sites for hydroxylation is 1. The van der Waals surface area contributed by atoms with Crippen molar-refractivity contribution >= 4 is 49.2 Å².